The molecule has 0 saturated carbocycles. The maximum atomic E-state index is 13.4. The van der Waals surface area contributed by atoms with Crippen LogP contribution in [0.4, 0.5) is 26.3 Å². The molecule has 0 N–H and O–H groups in total. The predicted molar refractivity (Wildman–Crippen MR) is 86.8 cm³/mol. The summed E-state index contributed by atoms with van der Waals surface area (Å²) in [5, 5.41) is 0. The smallest absolute Gasteiger partial charge is 0.417 e. The molecule has 27 heavy (non-hydrogen) atoms. The molecule has 0 radical (unpaired) electrons. The van der Waals surface area contributed by atoms with Crippen LogP contribution in [0.2, 0.25) is 0 Å². The first kappa shape index (κ1) is 21.3. The molecule has 2 rings (SSSR count). The zero-order chi connectivity index (χ0) is 20.8. The van der Waals surface area contributed by atoms with Crippen molar-refractivity contribution in [3.05, 3.63) is 46.5 Å². The number of carbonyl (C=O) groups excluding carboxylic acids is 1. The van der Waals surface area contributed by atoms with Crippen molar-refractivity contribution in [1.82, 2.24) is 0 Å². The molecule has 1 aromatic rings. The summed E-state index contributed by atoms with van der Waals surface area (Å²) < 4.78 is 85.3. The van der Waals surface area contributed by atoms with E-state index in [0.29, 0.717) is 18.6 Å². The number of hydrogen-bond donors (Lipinski definition) is 0. The SMILES string of the molecule is C=C(C)C(=O)OC1(C(C)C)CCCc2cc(C(F)(F)F)c(C(F)(F)F)cc21. The average Bonchev–Trinajstić information content (AvgIpc) is 2.51. The van der Waals surface area contributed by atoms with Gasteiger partial charge in [-0.15, -0.1) is 0 Å². The largest absolute Gasteiger partial charge is 0.451 e. The maximum absolute atomic E-state index is 13.4. The number of ether oxygens (including phenoxy) is 1. The van der Waals surface area contributed by atoms with Crippen molar-refractivity contribution in [2.45, 2.75) is 58.0 Å². The van der Waals surface area contributed by atoms with Gasteiger partial charge >= 0.3 is 18.3 Å². The van der Waals surface area contributed by atoms with E-state index in [1.807, 2.05) is 0 Å². The summed E-state index contributed by atoms with van der Waals surface area (Å²) in [5.41, 5.74) is -4.77. The summed E-state index contributed by atoms with van der Waals surface area (Å²) >= 11 is 0. The summed E-state index contributed by atoms with van der Waals surface area (Å²) in [7, 11) is 0. The minimum Gasteiger partial charge on any atom is -0.451 e. The van der Waals surface area contributed by atoms with Crippen molar-refractivity contribution in [3.63, 3.8) is 0 Å². The minimum absolute atomic E-state index is 0.0151. The second-order valence-corrected chi connectivity index (χ2v) is 7.12. The fourth-order valence-electron chi connectivity index (χ4n) is 3.47. The first-order chi connectivity index (χ1) is 12.2. The molecule has 1 aliphatic carbocycles. The number of fused-ring (bicyclic) bond motifs is 1. The van der Waals surface area contributed by atoms with Crippen LogP contribution >= 0.6 is 0 Å². The minimum atomic E-state index is -5.20. The Bertz CT molecular complexity index is 761. The van der Waals surface area contributed by atoms with Crippen LogP contribution in [0.15, 0.2) is 24.3 Å². The van der Waals surface area contributed by atoms with Crippen molar-refractivity contribution in [1.29, 1.82) is 0 Å². The van der Waals surface area contributed by atoms with E-state index in [-0.39, 0.29) is 29.5 Å². The highest BCUT2D eigenvalue weighted by molar-refractivity contribution is 5.87. The summed E-state index contributed by atoms with van der Waals surface area (Å²) in [4.78, 5) is 12.1. The second-order valence-electron chi connectivity index (χ2n) is 7.12. The van der Waals surface area contributed by atoms with Gasteiger partial charge in [0.05, 0.1) is 11.1 Å². The molecule has 0 saturated heterocycles. The van der Waals surface area contributed by atoms with Gasteiger partial charge in [0.2, 0.25) is 0 Å². The van der Waals surface area contributed by atoms with Gasteiger partial charge in [-0.1, -0.05) is 20.4 Å². The van der Waals surface area contributed by atoms with E-state index >= 15 is 0 Å². The monoisotopic (exact) mass is 394 g/mol. The lowest BCUT2D eigenvalue weighted by Crippen LogP contribution is -2.41. The molecule has 8 heteroatoms. The van der Waals surface area contributed by atoms with Gasteiger partial charge in [-0.3, -0.25) is 0 Å². The van der Waals surface area contributed by atoms with Gasteiger partial charge in [0.25, 0.3) is 0 Å². The van der Waals surface area contributed by atoms with Crippen LogP contribution in [0.5, 0.6) is 0 Å². The lowest BCUT2D eigenvalue weighted by Gasteiger charge is -2.42. The Labute approximate surface area is 153 Å². The van der Waals surface area contributed by atoms with Gasteiger partial charge in [0, 0.05) is 5.57 Å². The van der Waals surface area contributed by atoms with Crippen LogP contribution in [0.3, 0.4) is 0 Å². The molecule has 1 aliphatic rings. The number of aryl methyl sites for hydroxylation is 1. The number of alkyl halides is 6. The molecule has 0 amide bonds. The lowest BCUT2D eigenvalue weighted by molar-refractivity contribution is -0.166. The fraction of sp³-hybridized carbons (Fsp3) is 0.526. The van der Waals surface area contributed by atoms with Gasteiger partial charge in [-0.25, -0.2) is 4.79 Å². The molecule has 0 bridgehead atoms. The Morgan fingerprint density at radius 1 is 1.11 bits per heavy atom. The number of esters is 1. The van der Waals surface area contributed by atoms with Gasteiger partial charge < -0.3 is 4.74 Å². The van der Waals surface area contributed by atoms with Crippen LogP contribution in [0.1, 0.15) is 55.9 Å². The van der Waals surface area contributed by atoms with E-state index in [0.717, 1.165) is 0 Å². The average molecular weight is 394 g/mol. The molecule has 0 spiro atoms. The molecular weight excluding hydrogens is 374 g/mol. The standard InChI is InChI=1S/C19H20F6O2/c1-10(2)16(26)27-17(11(3)4)7-5-6-12-8-14(18(20,21)22)15(9-13(12)17)19(23,24)25/h8-9,11H,1,5-7H2,2-4H3. The molecule has 0 aromatic heterocycles. The van der Waals surface area contributed by atoms with E-state index < -0.39 is 41.0 Å². The Hall–Kier alpha value is -1.99. The normalized spacial score (nSPS) is 20.4. The lowest BCUT2D eigenvalue weighted by atomic mass is 9.71. The number of carbonyl (C=O) groups is 1. The number of benzene rings is 1. The molecule has 1 unspecified atom stereocenters. The van der Waals surface area contributed by atoms with E-state index in [1.54, 1.807) is 13.8 Å². The highest BCUT2D eigenvalue weighted by Crippen LogP contribution is 2.49. The zero-order valence-electron chi connectivity index (χ0n) is 15.1. The van der Waals surface area contributed by atoms with Crippen LogP contribution in [-0.4, -0.2) is 5.97 Å². The highest BCUT2D eigenvalue weighted by Gasteiger charge is 2.49. The maximum Gasteiger partial charge on any atom is 0.417 e. The summed E-state index contributed by atoms with van der Waals surface area (Å²) in [5.74, 6) is -1.23. The van der Waals surface area contributed by atoms with Gasteiger partial charge in [0.15, 0.2) is 0 Å². The number of hydrogen-bond acceptors (Lipinski definition) is 2. The van der Waals surface area contributed by atoms with Crippen LogP contribution in [0.25, 0.3) is 0 Å². The first-order valence-electron chi connectivity index (χ1n) is 8.41. The van der Waals surface area contributed by atoms with Crippen LogP contribution < -0.4 is 0 Å². The third kappa shape index (κ3) is 3.99. The van der Waals surface area contributed by atoms with Gasteiger partial charge in [-0.2, -0.15) is 26.3 Å². The molecular formula is C19H20F6O2. The van der Waals surface area contributed by atoms with Crippen molar-refractivity contribution in [3.8, 4) is 0 Å². The third-order valence-electron chi connectivity index (χ3n) is 4.86. The van der Waals surface area contributed by atoms with Crippen LogP contribution in [0, 0.1) is 5.92 Å². The van der Waals surface area contributed by atoms with E-state index in [2.05, 4.69) is 6.58 Å². The Morgan fingerprint density at radius 3 is 2.07 bits per heavy atom. The van der Waals surface area contributed by atoms with Crippen LogP contribution in [-0.2, 0) is 33.9 Å². The molecule has 150 valence electrons. The van der Waals surface area contributed by atoms with Crippen molar-refractivity contribution >= 4 is 5.97 Å². The molecule has 2 nitrogen and oxygen atoms in total. The predicted octanol–water partition coefficient (Wildman–Crippen LogP) is 6.03. The Balaban J connectivity index is 2.77. The third-order valence-corrected chi connectivity index (χ3v) is 4.86. The van der Waals surface area contributed by atoms with E-state index in [1.165, 1.54) is 6.92 Å². The Morgan fingerprint density at radius 2 is 1.63 bits per heavy atom. The summed E-state index contributed by atoms with van der Waals surface area (Å²) in [6.45, 7) is 8.18. The summed E-state index contributed by atoms with van der Waals surface area (Å²) in [6.07, 6.45) is -9.56. The molecule has 0 fully saturated rings. The fourth-order valence-corrected chi connectivity index (χ4v) is 3.47. The first-order valence-corrected chi connectivity index (χ1v) is 8.41. The second kappa shape index (κ2) is 6.87. The van der Waals surface area contributed by atoms with E-state index in [4.69, 9.17) is 4.74 Å². The topological polar surface area (TPSA) is 26.3 Å². The van der Waals surface area contributed by atoms with Crippen molar-refractivity contribution in [2.75, 3.05) is 0 Å². The number of halogens is 6. The quantitative estimate of drug-likeness (QED) is 0.355. The molecule has 1 atom stereocenters. The highest BCUT2D eigenvalue weighted by atomic mass is 19.4. The van der Waals surface area contributed by atoms with Crippen molar-refractivity contribution < 1.29 is 35.9 Å². The molecule has 0 aliphatic heterocycles. The number of rotatable bonds is 3. The van der Waals surface area contributed by atoms with Gasteiger partial charge in [0.1, 0.15) is 5.60 Å². The van der Waals surface area contributed by atoms with Gasteiger partial charge in [-0.05, 0) is 55.4 Å². The molecule has 0 heterocycles. The zero-order valence-corrected chi connectivity index (χ0v) is 15.1. The molecule has 1 aromatic carbocycles. The Kier molecular flexibility index (Phi) is 5.42. The van der Waals surface area contributed by atoms with Crippen molar-refractivity contribution in [2.24, 2.45) is 5.92 Å². The van der Waals surface area contributed by atoms with E-state index in [9.17, 15) is 31.1 Å². The summed E-state index contributed by atoms with van der Waals surface area (Å²) in [6, 6.07) is 1.05.